The Bertz CT molecular complexity index is 603. The van der Waals surface area contributed by atoms with Crippen molar-refractivity contribution in [2.45, 2.75) is 13.0 Å². The molecule has 0 aliphatic rings. The molecule has 0 saturated heterocycles. The smallest absolute Gasteiger partial charge is 0.119 e. The molecule has 20 heavy (non-hydrogen) atoms. The van der Waals surface area contributed by atoms with Crippen LogP contribution in [0.3, 0.4) is 0 Å². The van der Waals surface area contributed by atoms with Gasteiger partial charge in [-0.15, -0.1) is 0 Å². The maximum atomic E-state index is 10.3. The maximum Gasteiger partial charge on any atom is 0.119 e. The average Bonchev–Trinajstić information content (AvgIpc) is 2.47. The quantitative estimate of drug-likeness (QED) is 0.898. The van der Waals surface area contributed by atoms with Crippen LogP contribution in [0.15, 0.2) is 54.1 Å². The Labute approximate surface area is 124 Å². The summed E-state index contributed by atoms with van der Waals surface area (Å²) in [6, 6.07) is 14.9. The third-order valence-electron chi connectivity index (χ3n) is 3.11. The van der Waals surface area contributed by atoms with Crippen molar-refractivity contribution in [3.63, 3.8) is 0 Å². The minimum absolute atomic E-state index is 0.640. The van der Waals surface area contributed by atoms with Gasteiger partial charge in [0.15, 0.2) is 0 Å². The number of ether oxygens (including phenoxy) is 1. The lowest BCUT2D eigenvalue weighted by Gasteiger charge is -2.12. The molecule has 0 bridgehead atoms. The third kappa shape index (κ3) is 3.62. The number of hydrogen-bond acceptors (Lipinski definition) is 2. The first-order chi connectivity index (χ1) is 9.60. The first-order valence-electron chi connectivity index (χ1n) is 6.36. The third-order valence-corrected chi connectivity index (χ3v) is 3.36. The van der Waals surface area contributed by atoms with Gasteiger partial charge in [-0.2, -0.15) is 0 Å². The highest BCUT2D eigenvalue weighted by molar-refractivity contribution is 6.30. The molecular formula is C17H17ClO2. The molecule has 0 radical (unpaired) electrons. The van der Waals surface area contributed by atoms with E-state index in [0.29, 0.717) is 5.02 Å². The van der Waals surface area contributed by atoms with Crippen molar-refractivity contribution in [3.05, 3.63) is 70.3 Å². The second-order valence-corrected chi connectivity index (χ2v) is 5.06. The summed E-state index contributed by atoms with van der Waals surface area (Å²) in [5, 5.41) is 11.0. The van der Waals surface area contributed by atoms with Gasteiger partial charge in [0.05, 0.1) is 7.11 Å². The van der Waals surface area contributed by atoms with Crippen molar-refractivity contribution < 1.29 is 9.84 Å². The van der Waals surface area contributed by atoms with Gasteiger partial charge in [-0.1, -0.05) is 41.9 Å². The van der Waals surface area contributed by atoms with Gasteiger partial charge in [0.2, 0.25) is 0 Å². The molecule has 0 unspecified atom stereocenters. The van der Waals surface area contributed by atoms with Gasteiger partial charge in [-0.05, 0) is 47.9 Å². The molecule has 3 heteroatoms. The monoisotopic (exact) mass is 288 g/mol. The number of benzene rings is 2. The van der Waals surface area contributed by atoms with Crippen LogP contribution in [0.4, 0.5) is 0 Å². The van der Waals surface area contributed by atoms with Crippen LogP contribution in [0.5, 0.6) is 5.75 Å². The standard InChI is InChI=1S/C17H17ClO2/c1-12(10-13-4-3-5-16(11-13)20-2)17(19)14-6-8-15(18)9-7-14/h3-11,17,19H,1-2H3/b12-10+/t17-/m0/s1. The van der Waals surface area contributed by atoms with Crippen LogP contribution >= 0.6 is 11.6 Å². The van der Waals surface area contributed by atoms with E-state index in [1.807, 2.05) is 49.4 Å². The zero-order valence-electron chi connectivity index (χ0n) is 11.5. The first kappa shape index (κ1) is 14.6. The largest absolute Gasteiger partial charge is 0.497 e. The molecule has 2 nitrogen and oxygen atoms in total. The van der Waals surface area contributed by atoms with Gasteiger partial charge in [-0.25, -0.2) is 0 Å². The van der Waals surface area contributed by atoms with Crippen LogP contribution in [0, 0.1) is 0 Å². The predicted molar refractivity (Wildman–Crippen MR) is 83.1 cm³/mol. The van der Waals surface area contributed by atoms with Gasteiger partial charge in [0.1, 0.15) is 11.9 Å². The lowest BCUT2D eigenvalue weighted by Crippen LogP contribution is -1.98. The minimum atomic E-state index is -0.640. The van der Waals surface area contributed by atoms with Crippen molar-refractivity contribution in [1.29, 1.82) is 0 Å². The van der Waals surface area contributed by atoms with Gasteiger partial charge in [-0.3, -0.25) is 0 Å². The molecule has 0 aliphatic carbocycles. The van der Waals surface area contributed by atoms with E-state index in [-0.39, 0.29) is 0 Å². The van der Waals surface area contributed by atoms with Crippen molar-refractivity contribution in [1.82, 2.24) is 0 Å². The van der Waals surface area contributed by atoms with Crippen LogP contribution in [-0.4, -0.2) is 12.2 Å². The summed E-state index contributed by atoms with van der Waals surface area (Å²) < 4.78 is 5.19. The summed E-state index contributed by atoms with van der Waals surface area (Å²) in [6.45, 7) is 1.90. The SMILES string of the molecule is COc1cccc(/C=C(\C)[C@H](O)c2ccc(Cl)cc2)c1. The molecule has 2 aromatic rings. The van der Waals surface area contributed by atoms with Crippen LogP contribution < -0.4 is 4.74 Å². The summed E-state index contributed by atoms with van der Waals surface area (Å²) in [6.07, 6.45) is 1.31. The Morgan fingerprint density at radius 2 is 1.90 bits per heavy atom. The van der Waals surface area contributed by atoms with Crippen molar-refractivity contribution in [2.75, 3.05) is 7.11 Å². The van der Waals surface area contributed by atoms with E-state index in [0.717, 1.165) is 22.4 Å². The Morgan fingerprint density at radius 3 is 2.55 bits per heavy atom. The molecule has 1 N–H and O–H groups in total. The van der Waals surface area contributed by atoms with Gasteiger partial charge in [0, 0.05) is 5.02 Å². The number of halogens is 1. The summed E-state index contributed by atoms with van der Waals surface area (Å²) in [5.74, 6) is 0.799. The molecule has 0 aliphatic heterocycles. The fourth-order valence-corrected chi connectivity index (χ4v) is 2.11. The topological polar surface area (TPSA) is 29.5 Å². The molecule has 104 valence electrons. The van der Waals surface area contributed by atoms with Crippen LogP contribution in [0.1, 0.15) is 24.2 Å². The van der Waals surface area contributed by atoms with E-state index in [4.69, 9.17) is 16.3 Å². The second-order valence-electron chi connectivity index (χ2n) is 4.62. The molecule has 0 saturated carbocycles. The fraction of sp³-hybridized carbons (Fsp3) is 0.176. The van der Waals surface area contributed by atoms with E-state index >= 15 is 0 Å². The Hall–Kier alpha value is -1.77. The normalized spacial score (nSPS) is 13.1. The number of rotatable bonds is 4. The highest BCUT2D eigenvalue weighted by atomic mass is 35.5. The predicted octanol–water partition coefficient (Wildman–Crippen LogP) is 4.49. The number of hydrogen-bond donors (Lipinski definition) is 1. The minimum Gasteiger partial charge on any atom is -0.497 e. The summed E-state index contributed by atoms with van der Waals surface area (Å²) in [4.78, 5) is 0. The Morgan fingerprint density at radius 1 is 1.20 bits per heavy atom. The Balaban J connectivity index is 2.22. The molecule has 0 heterocycles. The van der Waals surface area contributed by atoms with Gasteiger partial charge < -0.3 is 9.84 Å². The average molecular weight is 289 g/mol. The summed E-state index contributed by atoms with van der Waals surface area (Å²) in [7, 11) is 1.64. The van der Waals surface area contributed by atoms with E-state index in [1.165, 1.54) is 0 Å². The zero-order chi connectivity index (χ0) is 14.5. The lowest BCUT2D eigenvalue weighted by molar-refractivity contribution is 0.217. The molecule has 0 aromatic heterocycles. The van der Waals surface area contributed by atoms with Crippen molar-refractivity contribution in [3.8, 4) is 5.75 Å². The van der Waals surface area contributed by atoms with Gasteiger partial charge >= 0.3 is 0 Å². The molecule has 2 aromatic carbocycles. The fourth-order valence-electron chi connectivity index (χ4n) is 1.98. The molecule has 0 fully saturated rings. The Kier molecular flexibility index (Phi) is 4.83. The van der Waals surface area contributed by atoms with E-state index in [9.17, 15) is 5.11 Å². The maximum absolute atomic E-state index is 10.3. The highest BCUT2D eigenvalue weighted by Gasteiger charge is 2.09. The lowest BCUT2D eigenvalue weighted by atomic mass is 10.0. The molecule has 1 atom stereocenters. The van der Waals surface area contributed by atoms with Crippen LogP contribution in [0.25, 0.3) is 6.08 Å². The summed E-state index contributed by atoms with van der Waals surface area (Å²) in [5.41, 5.74) is 2.68. The zero-order valence-corrected chi connectivity index (χ0v) is 12.3. The summed E-state index contributed by atoms with van der Waals surface area (Å²) >= 11 is 5.85. The number of aliphatic hydroxyl groups is 1. The molecular weight excluding hydrogens is 272 g/mol. The van der Waals surface area contributed by atoms with Crippen molar-refractivity contribution in [2.24, 2.45) is 0 Å². The molecule has 0 spiro atoms. The van der Waals surface area contributed by atoms with E-state index in [1.54, 1.807) is 19.2 Å². The van der Waals surface area contributed by atoms with Crippen molar-refractivity contribution >= 4 is 17.7 Å². The number of aliphatic hydroxyl groups excluding tert-OH is 1. The highest BCUT2D eigenvalue weighted by Crippen LogP contribution is 2.25. The van der Waals surface area contributed by atoms with E-state index in [2.05, 4.69) is 0 Å². The number of methoxy groups -OCH3 is 1. The van der Waals surface area contributed by atoms with Crippen LogP contribution in [0.2, 0.25) is 5.02 Å². The van der Waals surface area contributed by atoms with E-state index < -0.39 is 6.10 Å². The second kappa shape index (κ2) is 6.60. The first-order valence-corrected chi connectivity index (χ1v) is 6.73. The molecule has 0 amide bonds. The van der Waals surface area contributed by atoms with Crippen LogP contribution in [-0.2, 0) is 0 Å². The molecule has 2 rings (SSSR count). The van der Waals surface area contributed by atoms with Gasteiger partial charge in [0.25, 0.3) is 0 Å².